The van der Waals surface area contributed by atoms with Crippen LogP contribution in [0.25, 0.3) is 0 Å². The summed E-state index contributed by atoms with van der Waals surface area (Å²) in [5.41, 5.74) is 2.54. The summed E-state index contributed by atoms with van der Waals surface area (Å²) in [6.45, 7) is 11.2. The molecule has 31 heavy (non-hydrogen) atoms. The van der Waals surface area contributed by atoms with Crippen LogP contribution in [0.4, 0.5) is 5.69 Å². The van der Waals surface area contributed by atoms with E-state index in [-0.39, 0.29) is 30.2 Å². The van der Waals surface area contributed by atoms with Gasteiger partial charge in [0.2, 0.25) is 0 Å². The van der Waals surface area contributed by atoms with E-state index in [0.717, 1.165) is 43.4 Å². The standard InChI is InChI=1S/C24H34N2O3.2ClH/c1-24(2,3)19-9-11-21(12-10-19)29-18-20(27)17-25-13-15-26(16-14-25)22-7-5-6-8-23(22)28-4;;/h5-12,20,27H,13-18H2,1-4H3;2*1H. The predicted molar refractivity (Wildman–Crippen MR) is 133 cm³/mol. The zero-order valence-electron chi connectivity index (χ0n) is 18.9. The maximum Gasteiger partial charge on any atom is 0.142 e. The van der Waals surface area contributed by atoms with Crippen LogP contribution in [0.5, 0.6) is 11.5 Å². The maximum absolute atomic E-state index is 10.4. The van der Waals surface area contributed by atoms with Gasteiger partial charge in [-0.3, -0.25) is 4.90 Å². The van der Waals surface area contributed by atoms with Gasteiger partial charge in [0.05, 0.1) is 12.8 Å². The molecule has 1 unspecified atom stereocenters. The minimum atomic E-state index is -0.505. The molecule has 0 bridgehead atoms. The Bertz CT molecular complexity index is 773. The second kappa shape index (κ2) is 12.4. The Balaban J connectivity index is 0.00000240. The van der Waals surface area contributed by atoms with Crippen molar-refractivity contribution in [3.05, 3.63) is 54.1 Å². The summed E-state index contributed by atoms with van der Waals surface area (Å²) in [6.07, 6.45) is -0.505. The molecule has 1 N–H and O–H groups in total. The molecule has 2 aromatic rings. The third-order valence-electron chi connectivity index (χ3n) is 5.43. The number of hydrogen-bond acceptors (Lipinski definition) is 5. The van der Waals surface area contributed by atoms with Crippen molar-refractivity contribution in [3.63, 3.8) is 0 Å². The molecule has 1 aliphatic rings. The Morgan fingerprint density at radius 2 is 1.55 bits per heavy atom. The number of nitrogens with zero attached hydrogens (tertiary/aromatic N) is 2. The van der Waals surface area contributed by atoms with Crippen molar-refractivity contribution in [2.75, 3.05) is 51.3 Å². The summed E-state index contributed by atoms with van der Waals surface area (Å²) >= 11 is 0. The minimum Gasteiger partial charge on any atom is -0.495 e. The number of benzene rings is 2. The Kier molecular flexibility index (Phi) is 10.9. The van der Waals surface area contributed by atoms with E-state index in [9.17, 15) is 5.11 Å². The van der Waals surface area contributed by atoms with Crippen LogP contribution in [-0.2, 0) is 5.41 Å². The Labute approximate surface area is 199 Å². The van der Waals surface area contributed by atoms with Gasteiger partial charge < -0.3 is 19.5 Å². The summed E-state index contributed by atoms with van der Waals surface area (Å²) in [5, 5.41) is 10.4. The van der Waals surface area contributed by atoms with Crippen molar-refractivity contribution < 1.29 is 14.6 Å². The molecule has 0 amide bonds. The first-order valence-corrected chi connectivity index (χ1v) is 10.4. The fourth-order valence-electron chi connectivity index (χ4n) is 3.66. The molecular formula is C24H36Cl2N2O3. The minimum absolute atomic E-state index is 0. The molecule has 2 aromatic carbocycles. The van der Waals surface area contributed by atoms with Crippen LogP contribution < -0.4 is 14.4 Å². The zero-order chi connectivity index (χ0) is 20.9. The summed E-state index contributed by atoms with van der Waals surface area (Å²) in [7, 11) is 1.71. The third-order valence-corrected chi connectivity index (χ3v) is 5.43. The molecule has 174 valence electrons. The van der Waals surface area contributed by atoms with E-state index in [1.165, 1.54) is 5.56 Å². The average Bonchev–Trinajstić information content (AvgIpc) is 2.72. The maximum atomic E-state index is 10.4. The van der Waals surface area contributed by atoms with Gasteiger partial charge in [0.15, 0.2) is 0 Å². The smallest absolute Gasteiger partial charge is 0.142 e. The lowest BCUT2D eigenvalue weighted by atomic mass is 9.87. The number of β-amino-alcohol motifs (C(OH)–C–C–N with tert-alkyl or cyclic N) is 1. The van der Waals surface area contributed by atoms with Crippen molar-refractivity contribution in [1.29, 1.82) is 0 Å². The van der Waals surface area contributed by atoms with Crippen LogP contribution in [0, 0.1) is 0 Å². The van der Waals surface area contributed by atoms with E-state index < -0.39 is 6.10 Å². The van der Waals surface area contributed by atoms with Crippen molar-refractivity contribution in [1.82, 2.24) is 4.90 Å². The molecule has 0 saturated carbocycles. The lowest BCUT2D eigenvalue weighted by Gasteiger charge is -2.37. The first-order chi connectivity index (χ1) is 13.9. The zero-order valence-corrected chi connectivity index (χ0v) is 20.5. The Morgan fingerprint density at radius 3 is 2.13 bits per heavy atom. The van der Waals surface area contributed by atoms with Crippen LogP contribution in [0.2, 0.25) is 0 Å². The summed E-state index contributed by atoms with van der Waals surface area (Å²) < 4.78 is 11.3. The lowest BCUT2D eigenvalue weighted by molar-refractivity contribution is 0.0662. The van der Waals surface area contributed by atoms with Gasteiger partial charge in [-0.25, -0.2) is 0 Å². The molecule has 5 nitrogen and oxygen atoms in total. The molecule has 1 heterocycles. The number of halogens is 2. The molecule has 7 heteroatoms. The lowest BCUT2D eigenvalue weighted by Crippen LogP contribution is -2.49. The van der Waals surface area contributed by atoms with Crippen LogP contribution in [0.1, 0.15) is 26.3 Å². The van der Waals surface area contributed by atoms with E-state index in [1.54, 1.807) is 7.11 Å². The Hall–Kier alpha value is -1.66. The third kappa shape index (κ3) is 7.76. The number of anilines is 1. The van der Waals surface area contributed by atoms with Crippen molar-refractivity contribution in [3.8, 4) is 11.5 Å². The molecule has 1 saturated heterocycles. The predicted octanol–water partition coefficient (Wildman–Crippen LogP) is 4.40. The summed E-state index contributed by atoms with van der Waals surface area (Å²) in [6, 6.07) is 16.3. The topological polar surface area (TPSA) is 45.2 Å². The number of para-hydroxylation sites is 2. The number of methoxy groups -OCH3 is 1. The second-order valence-corrected chi connectivity index (χ2v) is 8.70. The highest BCUT2D eigenvalue weighted by molar-refractivity contribution is 5.85. The molecule has 3 rings (SSSR count). The number of rotatable bonds is 7. The van der Waals surface area contributed by atoms with Gasteiger partial charge in [-0.2, -0.15) is 0 Å². The van der Waals surface area contributed by atoms with E-state index >= 15 is 0 Å². The van der Waals surface area contributed by atoms with Crippen LogP contribution in [0.15, 0.2) is 48.5 Å². The molecule has 0 aliphatic carbocycles. The van der Waals surface area contributed by atoms with Crippen molar-refractivity contribution in [2.45, 2.75) is 32.3 Å². The number of piperazine rings is 1. The Morgan fingerprint density at radius 1 is 0.935 bits per heavy atom. The monoisotopic (exact) mass is 470 g/mol. The van der Waals surface area contributed by atoms with Crippen molar-refractivity contribution in [2.24, 2.45) is 0 Å². The number of ether oxygens (including phenoxy) is 2. The van der Waals surface area contributed by atoms with E-state index in [2.05, 4.69) is 48.8 Å². The fraction of sp³-hybridized carbons (Fsp3) is 0.500. The molecule has 1 aliphatic heterocycles. The van der Waals surface area contributed by atoms with Crippen molar-refractivity contribution >= 4 is 30.5 Å². The normalized spacial score (nSPS) is 15.5. The molecule has 0 spiro atoms. The highest BCUT2D eigenvalue weighted by atomic mass is 35.5. The van der Waals surface area contributed by atoms with Gasteiger partial charge >= 0.3 is 0 Å². The molecule has 1 atom stereocenters. The first kappa shape index (κ1) is 27.4. The molecule has 0 aromatic heterocycles. The highest BCUT2D eigenvalue weighted by Gasteiger charge is 2.21. The van der Waals surface area contributed by atoms with Gasteiger partial charge in [-0.1, -0.05) is 45.0 Å². The largest absolute Gasteiger partial charge is 0.495 e. The van der Waals surface area contributed by atoms with Crippen LogP contribution in [-0.4, -0.2) is 62.6 Å². The molecule has 1 fully saturated rings. The van der Waals surface area contributed by atoms with Crippen LogP contribution >= 0.6 is 24.8 Å². The quantitative estimate of drug-likeness (QED) is 0.649. The second-order valence-electron chi connectivity index (χ2n) is 8.70. The SMILES string of the molecule is COc1ccccc1N1CCN(CC(O)COc2ccc(C(C)(C)C)cc2)CC1.Cl.Cl. The van der Waals surface area contributed by atoms with E-state index in [0.29, 0.717) is 13.2 Å². The average molecular weight is 471 g/mol. The van der Waals surface area contributed by atoms with E-state index in [1.807, 2.05) is 30.3 Å². The number of aliphatic hydroxyl groups excluding tert-OH is 1. The number of aliphatic hydroxyl groups is 1. The van der Waals surface area contributed by atoms with Gasteiger partial charge in [0, 0.05) is 32.7 Å². The molecular weight excluding hydrogens is 435 g/mol. The first-order valence-electron chi connectivity index (χ1n) is 10.4. The van der Waals surface area contributed by atoms with Crippen LogP contribution in [0.3, 0.4) is 0 Å². The van der Waals surface area contributed by atoms with Gasteiger partial charge in [-0.15, -0.1) is 24.8 Å². The number of hydrogen-bond donors (Lipinski definition) is 1. The fourth-order valence-corrected chi connectivity index (χ4v) is 3.66. The molecule has 0 radical (unpaired) electrons. The summed E-state index contributed by atoms with van der Waals surface area (Å²) in [5.74, 6) is 1.71. The van der Waals surface area contributed by atoms with Gasteiger partial charge in [0.1, 0.15) is 24.2 Å². The van der Waals surface area contributed by atoms with Gasteiger partial charge in [-0.05, 0) is 35.2 Å². The van der Waals surface area contributed by atoms with E-state index in [4.69, 9.17) is 9.47 Å². The summed E-state index contributed by atoms with van der Waals surface area (Å²) in [4.78, 5) is 4.64. The van der Waals surface area contributed by atoms with Gasteiger partial charge in [0.25, 0.3) is 0 Å². The highest BCUT2D eigenvalue weighted by Crippen LogP contribution is 2.28.